The molecule has 14 heavy (non-hydrogen) atoms. The van der Waals surface area contributed by atoms with Crippen LogP contribution in [0.4, 0.5) is 0 Å². The van der Waals surface area contributed by atoms with E-state index in [0.29, 0.717) is 11.7 Å². The molecule has 0 aliphatic rings. The highest BCUT2D eigenvalue weighted by molar-refractivity contribution is 5.43. The van der Waals surface area contributed by atoms with Gasteiger partial charge in [-0.2, -0.15) is 0 Å². The summed E-state index contributed by atoms with van der Waals surface area (Å²) >= 11 is 0. The highest BCUT2D eigenvalue weighted by Crippen LogP contribution is 2.27. The fraction of sp³-hybridized carbons (Fsp3) is 0.538. The number of aryl methyl sites for hydroxylation is 1. The normalized spacial score (nSPS) is 10.9. The molecule has 0 amide bonds. The molecular weight excluding hydrogens is 172 g/mol. The quantitative estimate of drug-likeness (QED) is 0.772. The van der Waals surface area contributed by atoms with Crippen molar-refractivity contribution in [3.05, 3.63) is 28.8 Å². The number of phenolic OH excluding ortho intramolecular Hbond substituents is 1. The van der Waals surface area contributed by atoms with Crippen LogP contribution in [0.15, 0.2) is 12.1 Å². The van der Waals surface area contributed by atoms with Crippen molar-refractivity contribution in [2.24, 2.45) is 0 Å². The minimum Gasteiger partial charge on any atom is -0.508 e. The van der Waals surface area contributed by atoms with E-state index in [1.807, 2.05) is 13.0 Å². The zero-order chi connectivity index (χ0) is 10.7. The third-order valence-corrected chi connectivity index (χ3v) is 2.70. The van der Waals surface area contributed by atoms with Gasteiger partial charge in [-0.3, -0.25) is 0 Å². The SMILES string of the molecule is CCCc1cc(C(C)C)cc(O)c1C. The van der Waals surface area contributed by atoms with Gasteiger partial charge in [0.15, 0.2) is 0 Å². The molecule has 0 aliphatic carbocycles. The van der Waals surface area contributed by atoms with Gasteiger partial charge in [-0.25, -0.2) is 0 Å². The molecule has 0 radical (unpaired) electrons. The molecule has 0 atom stereocenters. The van der Waals surface area contributed by atoms with Crippen LogP contribution in [0.25, 0.3) is 0 Å². The Balaban J connectivity index is 3.14. The average Bonchev–Trinajstić information content (AvgIpc) is 2.12. The van der Waals surface area contributed by atoms with Crippen LogP contribution in [-0.2, 0) is 6.42 Å². The number of hydrogen-bond acceptors (Lipinski definition) is 1. The van der Waals surface area contributed by atoms with E-state index in [-0.39, 0.29) is 0 Å². The second-order valence-corrected chi connectivity index (χ2v) is 4.23. The standard InChI is InChI=1S/C13H20O/c1-5-6-11-7-12(9(2)3)8-13(14)10(11)4/h7-9,14H,5-6H2,1-4H3. The molecule has 1 nitrogen and oxygen atoms in total. The highest BCUT2D eigenvalue weighted by atomic mass is 16.3. The Hall–Kier alpha value is -0.980. The van der Waals surface area contributed by atoms with Gasteiger partial charge >= 0.3 is 0 Å². The van der Waals surface area contributed by atoms with Crippen LogP contribution in [-0.4, -0.2) is 5.11 Å². The zero-order valence-corrected chi connectivity index (χ0v) is 9.59. The predicted octanol–water partition coefficient (Wildman–Crippen LogP) is 3.78. The lowest BCUT2D eigenvalue weighted by Gasteiger charge is -2.12. The third-order valence-electron chi connectivity index (χ3n) is 2.70. The molecule has 0 unspecified atom stereocenters. The molecule has 0 aromatic heterocycles. The second-order valence-electron chi connectivity index (χ2n) is 4.23. The maximum Gasteiger partial charge on any atom is 0.119 e. The number of rotatable bonds is 3. The fourth-order valence-electron chi connectivity index (χ4n) is 1.64. The Morgan fingerprint density at radius 1 is 1.29 bits per heavy atom. The summed E-state index contributed by atoms with van der Waals surface area (Å²) in [5, 5.41) is 9.76. The maximum absolute atomic E-state index is 9.76. The molecule has 0 saturated carbocycles. The lowest BCUT2D eigenvalue weighted by molar-refractivity contribution is 0.468. The summed E-state index contributed by atoms with van der Waals surface area (Å²) in [6.45, 7) is 8.46. The van der Waals surface area contributed by atoms with E-state index in [1.165, 1.54) is 11.1 Å². The second kappa shape index (κ2) is 4.50. The molecule has 1 aromatic carbocycles. The molecule has 0 fully saturated rings. The Morgan fingerprint density at radius 3 is 2.43 bits per heavy atom. The Morgan fingerprint density at radius 2 is 1.93 bits per heavy atom. The van der Waals surface area contributed by atoms with Crippen LogP contribution in [0.3, 0.4) is 0 Å². The van der Waals surface area contributed by atoms with Gasteiger partial charge in [-0.15, -0.1) is 0 Å². The smallest absolute Gasteiger partial charge is 0.119 e. The van der Waals surface area contributed by atoms with Crippen molar-refractivity contribution >= 4 is 0 Å². The largest absolute Gasteiger partial charge is 0.508 e. The van der Waals surface area contributed by atoms with E-state index in [4.69, 9.17) is 0 Å². The third kappa shape index (κ3) is 2.28. The molecule has 1 aromatic rings. The van der Waals surface area contributed by atoms with Gasteiger partial charge in [0.05, 0.1) is 0 Å². The van der Waals surface area contributed by atoms with Crippen LogP contribution in [0.5, 0.6) is 5.75 Å². The van der Waals surface area contributed by atoms with Gasteiger partial charge < -0.3 is 5.11 Å². The fourth-order valence-corrected chi connectivity index (χ4v) is 1.64. The Kier molecular flexibility index (Phi) is 3.56. The summed E-state index contributed by atoms with van der Waals surface area (Å²) in [4.78, 5) is 0. The molecule has 78 valence electrons. The van der Waals surface area contributed by atoms with Crippen LogP contribution in [0.1, 0.15) is 49.8 Å². The monoisotopic (exact) mass is 192 g/mol. The molecule has 1 rings (SSSR count). The van der Waals surface area contributed by atoms with E-state index in [0.717, 1.165) is 18.4 Å². The lowest BCUT2D eigenvalue weighted by atomic mass is 9.95. The molecule has 1 N–H and O–H groups in total. The first-order valence-electron chi connectivity index (χ1n) is 5.38. The predicted molar refractivity (Wildman–Crippen MR) is 60.9 cm³/mol. The summed E-state index contributed by atoms with van der Waals surface area (Å²) in [7, 11) is 0. The first-order valence-corrected chi connectivity index (χ1v) is 5.38. The van der Waals surface area contributed by atoms with Gasteiger partial charge in [-0.1, -0.05) is 33.3 Å². The van der Waals surface area contributed by atoms with Crippen molar-refractivity contribution in [3.63, 3.8) is 0 Å². The number of hydrogen-bond donors (Lipinski definition) is 1. The summed E-state index contributed by atoms with van der Waals surface area (Å²) in [6, 6.07) is 4.11. The van der Waals surface area contributed by atoms with Gasteiger partial charge in [0, 0.05) is 0 Å². The van der Waals surface area contributed by atoms with Crippen molar-refractivity contribution in [3.8, 4) is 5.75 Å². The van der Waals surface area contributed by atoms with E-state index in [1.54, 1.807) is 0 Å². The molecule has 0 saturated heterocycles. The topological polar surface area (TPSA) is 20.2 Å². The average molecular weight is 192 g/mol. The molecule has 1 heteroatoms. The van der Waals surface area contributed by atoms with Crippen LogP contribution in [0.2, 0.25) is 0 Å². The van der Waals surface area contributed by atoms with E-state index in [2.05, 4.69) is 26.8 Å². The van der Waals surface area contributed by atoms with Gasteiger partial charge in [-0.05, 0) is 42.0 Å². The number of phenols is 1. The molecule has 0 aliphatic heterocycles. The summed E-state index contributed by atoms with van der Waals surface area (Å²) in [5.41, 5.74) is 3.56. The van der Waals surface area contributed by atoms with E-state index < -0.39 is 0 Å². The van der Waals surface area contributed by atoms with Gasteiger partial charge in [0.2, 0.25) is 0 Å². The minimum atomic E-state index is 0.444. The van der Waals surface area contributed by atoms with Crippen LogP contribution < -0.4 is 0 Å². The highest BCUT2D eigenvalue weighted by Gasteiger charge is 2.07. The van der Waals surface area contributed by atoms with Crippen molar-refractivity contribution in [1.82, 2.24) is 0 Å². The van der Waals surface area contributed by atoms with Crippen molar-refractivity contribution in [2.75, 3.05) is 0 Å². The first-order chi connectivity index (χ1) is 6.56. The summed E-state index contributed by atoms with van der Waals surface area (Å²) in [5.74, 6) is 0.928. The zero-order valence-electron chi connectivity index (χ0n) is 9.59. The van der Waals surface area contributed by atoms with Crippen LogP contribution in [0, 0.1) is 6.92 Å². The Labute approximate surface area is 86.8 Å². The van der Waals surface area contributed by atoms with Gasteiger partial charge in [0.1, 0.15) is 5.75 Å². The van der Waals surface area contributed by atoms with Crippen molar-refractivity contribution in [1.29, 1.82) is 0 Å². The lowest BCUT2D eigenvalue weighted by Crippen LogP contribution is -1.94. The molecular formula is C13H20O. The first kappa shape index (κ1) is 11.1. The summed E-state index contributed by atoms with van der Waals surface area (Å²) < 4.78 is 0. The van der Waals surface area contributed by atoms with Crippen molar-refractivity contribution < 1.29 is 5.11 Å². The molecule has 0 heterocycles. The van der Waals surface area contributed by atoms with Crippen molar-refractivity contribution in [2.45, 2.75) is 46.5 Å². The molecule has 0 bridgehead atoms. The summed E-state index contributed by atoms with van der Waals surface area (Å²) in [6.07, 6.45) is 2.18. The number of benzene rings is 1. The molecule has 0 spiro atoms. The van der Waals surface area contributed by atoms with Gasteiger partial charge in [0.25, 0.3) is 0 Å². The number of aromatic hydroxyl groups is 1. The minimum absolute atomic E-state index is 0.444. The maximum atomic E-state index is 9.76. The van der Waals surface area contributed by atoms with E-state index >= 15 is 0 Å². The Bertz CT molecular complexity index is 313. The van der Waals surface area contributed by atoms with E-state index in [9.17, 15) is 5.11 Å². The van der Waals surface area contributed by atoms with Crippen LogP contribution >= 0.6 is 0 Å².